The standard InChI is InChI=1S/C27H25ClN2O4/c1-2-3-17-33-22-15-13-20(14-16-22)29-26(31)23-24(18-9-11-19(28)12-10-18)30(34-25(23)27(29)32)21-7-5-4-6-8-21/h4-16,23-25H,2-3,17H2,1H3/t23-,24-,25+/m0/s1. The highest BCUT2D eigenvalue weighted by Crippen LogP contribution is 2.47. The number of carbonyl (C=O) groups excluding carboxylic acids is 2. The first kappa shape index (κ1) is 22.4. The Labute approximate surface area is 203 Å². The zero-order chi connectivity index (χ0) is 23.7. The molecule has 0 saturated carbocycles. The Morgan fingerprint density at radius 1 is 0.882 bits per heavy atom. The second-order valence-corrected chi connectivity index (χ2v) is 8.85. The molecule has 3 aromatic rings. The number of imide groups is 1. The number of rotatable bonds is 7. The predicted octanol–water partition coefficient (Wildman–Crippen LogP) is 5.57. The van der Waals surface area contributed by atoms with Gasteiger partial charge in [-0.2, -0.15) is 0 Å². The number of hydrogen-bond donors (Lipinski definition) is 0. The molecular weight excluding hydrogens is 452 g/mol. The van der Waals surface area contributed by atoms with Crippen LogP contribution in [0.25, 0.3) is 0 Å². The molecule has 0 N–H and O–H groups in total. The summed E-state index contributed by atoms with van der Waals surface area (Å²) in [5.74, 6) is -0.628. The fraction of sp³-hybridized carbons (Fsp3) is 0.259. The molecule has 2 fully saturated rings. The summed E-state index contributed by atoms with van der Waals surface area (Å²) in [4.78, 5) is 34.5. The van der Waals surface area contributed by atoms with Crippen LogP contribution in [-0.2, 0) is 14.4 Å². The maximum atomic E-state index is 13.7. The summed E-state index contributed by atoms with van der Waals surface area (Å²) in [7, 11) is 0. The van der Waals surface area contributed by atoms with E-state index in [1.54, 1.807) is 41.5 Å². The van der Waals surface area contributed by atoms with Gasteiger partial charge in [0, 0.05) is 5.02 Å². The van der Waals surface area contributed by atoms with Crippen LogP contribution in [0.1, 0.15) is 31.4 Å². The van der Waals surface area contributed by atoms with Gasteiger partial charge in [-0.3, -0.25) is 14.4 Å². The number of ether oxygens (including phenoxy) is 1. The van der Waals surface area contributed by atoms with Crippen molar-refractivity contribution in [2.75, 3.05) is 16.6 Å². The number of benzene rings is 3. The Morgan fingerprint density at radius 3 is 2.26 bits per heavy atom. The molecule has 0 spiro atoms. The molecule has 174 valence electrons. The number of anilines is 2. The van der Waals surface area contributed by atoms with Crippen molar-refractivity contribution in [2.45, 2.75) is 31.9 Å². The molecule has 0 aliphatic carbocycles. The first-order valence-corrected chi connectivity index (χ1v) is 11.8. The number of carbonyl (C=O) groups is 2. The lowest BCUT2D eigenvalue weighted by atomic mass is 9.90. The number of hydroxylamine groups is 1. The zero-order valence-corrected chi connectivity index (χ0v) is 19.5. The van der Waals surface area contributed by atoms with Crippen LogP contribution in [0, 0.1) is 5.92 Å². The molecular formula is C27H25ClN2O4. The maximum absolute atomic E-state index is 13.7. The summed E-state index contributed by atoms with van der Waals surface area (Å²) in [6, 6.07) is 23.4. The monoisotopic (exact) mass is 476 g/mol. The van der Waals surface area contributed by atoms with Crippen LogP contribution in [0.3, 0.4) is 0 Å². The fourth-order valence-electron chi connectivity index (χ4n) is 4.49. The lowest BCUT2D eigenvalue weighted by Crippen LogP contribution is -2.37. The van der Waals surface area contributed by atoms with Crippen LogP contribution >= 0.6 is 11.6 Å². The minimum atomic E-state index is -0.908. The normalized spacial score (nSPS) is 21.8. The predicted molar refractivity (Wildman–Crippen MR) is 131 cm³/mol. The lowest BCUT2D eigenvalue weighted by molar-refractivity contribution is -0.126. The Morgan fingerprint density at radius 2 is 1.59 bits per heavy atom. The molecule has 2 amide bonds. The Kier molecular flexibility index (Phi) is 6.26. The fourth-order valence-corrected chi connectivity index (χ4v) is 4.62. The highest BCUT2D eigenvalue weighted by atomic mass is 35.5. The summed E-state index contributed by atoms with van der Waals surface area (Å²) < 4.78 is 5.71. The number of halogens is 1. The smallest absolute Gasteiger partial charge is 0.266 e. The van der Waals surface area contributed by atoms with E-state index >= 15 is 0 Å². The van der Waals surface area contributed by atoms with E-state index in [4.69, 9.17) is 21.2 Å². The summed E-state index contributed by atoms with van der Waals surface area (Å²) >= 11 is 6.11. The van der Waals surface area contributed by atoms with E-state index in [1.807, 2.05) is 42.5 Å². The van der Waals surface area contributed by atoms with Gasteiger partial charge in [-0.05, 0) is 60.5 Å². The largest absolute Gasteiger partial charge is 0.494 e. The molecule has 2 aliphatic rings. The molecule has 0 unspecified atom stereocenters. The second kappa shape index (κ2) is 9.49. The van der Waals surface area contributed by atoms with E-state index in [1.165, 1.54) is 4.90 Å². The highest BCUT2D eigenvalue weighted by molar-refractivity contribution is 6.30. The van der Waals surface area contributed by atoms with Crippen molar-refractivity contribution < 1.29 is 19.2 Å². The Hall–Kier alpha value is -3.35. The van der Waals surface area contributed by atoms with Crippen LogP contribution in [-0.4, -0.2) is 24.5 Å². The van der Waals surface area contributed by atoms with E-state index in [0.717, 1.165) is 24.1 Å². The third-order valence-electron chi connectivity index (χ3n) is 6.20. The Bertz CT molecular complexity index is 1170. The number of fused-ring (bicyclic) bond motifs is 1. The molecule has 0 aromatic heterocycles. The van der Waals surface area contributed by atoms with Gasteiger partial charge in [-0.1, -0.05) is 55.3 Å². The molecule has 3 atom stereocenters. The Balaban J connectivity index is 1.46. The molecule has 7 heteroatoms. The topological polar surface area (TPSA) is 59.1 Å². The van der Waals surface area contributed by atoms with Crippen molar-refractivity contribution in [1.29, 1.82) is 0 Å². The molecule has 0 radical (unpaired) electrons. The first-order valence-electron chi connectivity index (χ1n) is 11.5. The second-order valence-electron chi connectivity index (χ2n) is 8.42. The van der Waals surface area contributed by atoms with Crippen LogP contribution in [0.5, 0.6) is 5.75 Å². The molecule has 34 heavy (non-hydrogen) atoms. The molecule has 3 aromatic carbocycles. The van der Waals surface area contributed by atoms with Gasteiger partial charge in [0.05, 0.1) is 24.0 Å². The van der Waals surface area contributed by atoms with Gasteiger partial charge in [0.15, 0.2) is 6.10 Å². The maximum Gasteiger partial charge on any atom is 0.266 e. The molecule has 5 rings (SSSR count). The quantitative estimate of drug-likeness (QED) is 0.329. The van der Waals surface area contributed by atoms with E-state index in [-0.39, 0.29) is 11.8 Å². The number of hydrogen-bond acceptors (Lipinski definition) is 5. The van der Waals surface area contributed by atoms with Crippen LogP contribution in [0.15, 0.2) is 78.9 Å². The average Bonchev–Trinajstić information content (AvgIpc) is 3.37. The van der Waals surface area contributed by atoms with E-state index < -0.39 is 18.1 Å². The van der Waals surface area contributed by atoms with Crippen molar-refractivity contribution in [3.63, 3.8) is 0 Å². The van der Waals surface area contributed by atoms with Gasteiger partial charge >= 0.3 is 0 Å². The molecule has 0 bridgehead atoms. The van der Waals surface area contributed by atoms with Crippen LogP contribution in [0.4, 0.5) is 11.4 Å². The summed E-state index contributed by atoms with van der Waals surface area (Å²) in [5.41, 5.74) is 2.14. The minimum absolute atomic E-state index is 0.284. The van der Waals surface area contributed by atoms with E-state index in [9.17, 15) is 9.59 Å². The number of para-hydroxylation sites is 1. The van der Waals surface area contributed by atoms with Gasteiger partial charge in [0.2, 0.25) is 5.91 Å². The van der Waals surface area contributed by atoms with Gasteiger partial charge in [-0.15, -0.1) is 0 Å². The number of unbranched alkanes of at least 4 members (excludes halogenated alkanes) is 1. The molecule has 2 aliphatic heterocycles. The minimum Gasteiger partial charge on any atom is -0.494 e. The molecule has 6 nitrogen and oxygen atoms in total. The zero-order valence-electron chi connectivity index (χ0n) is 18.8. The van der Waals surface area contributed by atoms with Crippen molar-refractivity contribution in [1.82, 2.24) is 0 Å². The number of amides is 2. The van der Waals surface area contributed by atoms with Crippen molar-refractivity contribution in [3.8, 4) is 5.75 Å². The number of nitrogens with zero attached hydrogens (tertiary/aromatic N) is 2. The van der Waals surface area contributed by atoms with E-state index in [0.29, 0.717) is 23.1 Å². The first-order chi connectivity index (χ1) is 16.6. The molecule has 2 saturated heterocycles. The van der Waals surface area contributed by atoms with Crippen molar-refractivity contribution in [3.05, 3.63) is 89.4 Å². The van der Waals surface area contributed by atoms with Crippen LogP contribution < -0.4 is 14.7 Å². The average molecular weight is 477 g/mol. The summed E-state index contributed by atoms with van der Waals surface area (Å²) in [5, 5.41) is 2.28. The van der Waals surface area contributed by atoms with Crippen LogP contribution in [0.2, 0.25) is 5.02 Å². The van der Waals surface area contributed by atoms with E-state index in [2.05, 4.69) is 6.92 Å². The van der Waals surface area contributed by atoms with Crippen molar-refractivity contribution in [2.24, 2.45) is 5.92 Å². The lowest BCUT2D eigenvalue weighted by Gasteiger charge is -2.28. The van der Waals surface area contributed by atoms with Gasteiger partial charge in [0.1, 0.15) is 11.7 Å². The van der Waals surface area contributed by atoms with Gasteiger partial charge in [-0.25, -0.2) is 9.96 Å². The highest BCUT2D eigenvalue weighted by Gasteiger charge is 2.60. The summed E-state index contributed by atoms with van der Waals surface area (Å²) in [6.07, 6.45) is 1.11. The van der Waals surface area contributed by atoms with Gasteiger partial charge in [0.25, 0.3) is 5.91 Å². The van der Waals surface area contributed by atoms with Crippen molar-refractivity contribution >= 4 is 34.8 Å². The SMILES string of the molecule is CCCCOc1ccc(N2C(=O)[C@@H]3[C@@H](ON(c4ccccc4)[C@H]3c3ccc(Cl)cc3)C2=O)cc1. The molecule has 2 heterocycles. The third kappa shape index (κ3) is 4.04. The third-order valence-corrected chi connectivity index (χ3v) is 6.45. The summed E-state index contributed by atoms with van der Waals surface area (Å²) in [6.45, 7) is 2.74. The van der Waals surface area contributed by atoms with Gasteiger partial charge < -0.3 is 4.74 Å².